The van der Waals surface area contributed by atoms with Gasteiger partial charge in [0.25, 0.3) is 5.91 Å². The van der Waals surface area contributed by atoms with Crippen LogP contribution in [0.5, 0.6) is 0 Å². The number of aromatic nitrogens is 1. The maximum absolute atomic E-state index is 13.1. The number of nitrogens with zero attached hydrogens (tertiary/aromatic N) is 1. The summed E-state index contributed by atoms with van der Waals surface area (Å²) < 4.78 is 2.18. The van der Waals surface area contributed by atoms with E-state index in [2.05, 4.69) is 32.0 Å². The van der Waals surface area contributed by atoms with E-state index in [1.807, 2.05) is 52.0 Å². The van der Waals surface area contributed by atoms with Crippen LogP contribution in [0.1, 0.15) is 41.9 Å². The average Bonchev–Trinajstić information content (AvgIpc) is 3.07. The van der Waals surface area contributed by atoms with E-state index in [9.17, 15) is 14.4 Å². The van der Waals surface area contributed by atoms with E-state index in [1.54, 1.807) is 18.2 Å². The molecule has 3 rings (SSSR count). The molecule has 0 aliphatic carbocycles. The number of benzene rings is 2. The molecule has 1 heterocycles. The highest BCUT2D eigenvalue weighted by Gasteiger charge is 2.21. The largest absolute Gasteiger partial charge is 0.345 e. The Labute approximate surface area is 189 Å². The average molecular weight is 485 g/mol. The van der Waals surface area contributed by atoms with Crippen molar-refractivity contribution in [2.75, 3.05) is 10.7 Å². The quantitative estimate of drug-likeness (QED) is 0.472. The molecule has 0 unspecified atom stereocenters. The molecule has 1 atom stereocenters. The highest BCUT2D eigenvalue weighted by molar-refractivity contribution is 9.10. The van der Waals surface area contributed by atoms with Crippen LogP contribution in [-0.2, 0) is 9.59 Å². The van der Waals surface area contributed by atoms with Crippen molar-refractivity contribution in [3.63, 3.8) is 0 Å². The molecule has 31 heavy (non-hydrogen) atoms. The molecule has 0 aliphatic rings. The Kier molecular flexibility index (Phi) is 6.80. The lowest BCUT2D eigenvalue weighted by molar-refractivity contribution is -0.137. The van der Waals surface area contributed by atoms with Crippen LogP contribution < -0.4 is 16.1 Å². The number of anilines is 1. The Morgan fingerprint density at radius 1 is 1.00 bits per heavy atom. The van der Waals surface area contributed by atoms with Crippen LogP contribution in [-0.4, -0.2) is 28.4 Å². The topological polar surface area (TPSA) is 92.2 Å². The minimum absolute atomic E-state index is 0.136. The first kappa shape index (κ1) is 22.6. The number of amides is 3. The lowest BCUT2D eigenvalue weighted by atomic mass is 10.1. The number of halogens is 1. The molecule has 3 amide bonds. The summed E-state index contributed by atoms with van der Waals surface area (Å²) in [6.07, 6.45) is 0.698. The van der Waals surface area contributed by atoms with E-state index in [-0.39, 0.29) is 11.7 Å². The van der Waals surface area contributed by atoms with Crippen molar-refractivity contribution in [3.8, 4) is 0 Å². The molecular weight excluding hydrogens is 460 g/mol. The highest BCUT2D eigenvalue weighted by atomic mass is 79.9. The van der Waals surface area contributed by atoms with E-state index in [1.165, 1.54) is 4.68 Å². The van der Waals surface area contributed by atoms with Crippen molar-refractivity contribution in [2.24, 2.45) is 0 Å². The van der Waals surface area contributed by atoms with E-state index in [4.69, 9.17) is 0 Å². The van der Waals surface area contributed by atoms with Crippen molar-refractivity contribution >= 4 is 50.2 Å². The molecular formula is C23H25BrN4O3. The normalized spacial score (nSPS) is 11.8. The maximum atomic E-state index is 13.1. The first-order valence-corrected chi connectivity index (χ1v) is 10.8. The molecule has 0 aliphatic heterocycles. The van der Waals surface area contributed by atoms with Crippen molar-refractivity contribution < 1.29 is 14.4 Å². The predicted molar refractivity (Wildman–Crippen MR) is 126 cm³/mol. The fraction of sp³-hybridized carbons (Fsp3) is 0.261. The Balaban J connectivity index is 1.94. The van der Waals surface area contributed by atoms with Crippen LogP contribution in [0.2, 0.25) is 0 Å². The van der Waals surface area contributed by atoms with Crippen molar-refractivity contribution in [2.45, 2.75) is 40.2 Å². The molecule has 0 spiro atoms. The second-order valence-corrected chi connectivity index (χ2v) is 8.46. The van der Waals surface area contributed by atoms with Gasteiger partial charge in [-0.15, -0.1) is 0 Å². The number of rotatable bonds is 5. The first-order valence-electron chi connectivity index (χ1n) is 10.0. The lowest BCUT2D eigenvalue weighted by Gasteiger charge is -2.15. The van der Waals surface area contributed by atoms with Gasteiger partial charge >= 0.3 is 11.8 Å². The van der Waals surface area contributed by atoms with E-state index >= 15 is 0 Å². The molecule has 8 heteroatoms. The minimum Gasteiger partial charge on any atom is -0.345 e. The smallest absolute Gasteiger partial charge is 0.328 e. The van der Waals surface area contributed by atoms with Gasteiger partial charge in [0.1, 0.15) is 5.69 Å². The minimum atomic E-state index is -0.846. The van der Waals surface area contributed by atoms with E-state index in [0.29, 0.717) is 17.6 Å². The highest BCUT2D eigenvalue weighted by Crippen LogP contribution is 2.24. The van der Waals surface area contributed by atoms with Crippen LogP contribution in [0, 0.1) is 13.8 Å². The van der Waals surface area contributed by atoms with Crippen molar-refractivity contribution in [1.29, 1.82) is 0 Å². The first-order chi connectivity index (χ1) is 14.7. The zero-order chi connectivity index (χ0) is 22.7. The molecule has 0 saturated heterocycles. The van der Waals surface area contributed by atoms with Crippen LogP contribution >= 0.6 is 15.9 Å². The summed E-state index contributed by atoms with van der Waals surface area (Å²) >= 11 is 3.42. The van der Waals surface area contributed by atoms with Gasteiger partial charge in [-0.3, -0.25) is 19.8 Å². The van der Waals surface area contributed by atoms with E-state index in [0.717, 1.165) is 21.0 Å². The monoisotopic (exact) mass is 484 g/mol. The molecule has 2 aromatic carbocycles. The number of carbonyl (C=O) groups is 3. The molecule has 3 N–H and O–H groups in total. The van der Waals surface area contributed by atoms with Gasteiger partial charge in [-0.05, 0) is 74.7 Å². The molecule has 3 aromatic rings. The summed E-state index contributed by atoms with van der Waals surface area (Å²) in [5.74, 6) is -2.01. The molecule has 0 fully saturated rings. The van der Waals surface area contributed by atoms with Crippen LogP contribution in [0.15, 0.2) is 46.9 Å². The SMILES string of the molecule is CC[C@@H](C)NC(=O)C(=O)Nn1c(C(=O)Nc2ccc(C)c(C)c2)cc2cc(Br)ccc21. The van der Waals surface area contributed by atoms with Gasteiger partial charge in [0.15, 0.2) is 0 Å². The van der Waals surface area contributed by atoms with Gasteiger partial charge in [0.05, 0.1) is 5.52 Å². The zero-order valence-corrected chi connectivity index (χ0v) is 19.5. The van der Waals surface area contributed by atoms with Gasteiger partial charge in [-0.1, -0.05) is 28.9 Å². The molecule has 162 valence electrons. The standard InChI is InChI=1S/C23H25BrN4O3/c1-5-15(4)25-22(30)23(31)27-28-19-9-7-17(24)11-16(19)12-20(28)21(29)26-18-8-6-13(2)14(3)10-18/h6-12,15H,5H2,1-4H3,(H,25,30)(H,26,29)(H,27,31)/t15-/m1/s1. The van der Waals surface area contributed by atoms with Crippen LogP contribution in [0.25, 0.3) is 10.9 Å². The number of carbonyl (C=O) groups excluding carboxylic acids is 3. The third-order valence-corrected chi connectivity index (χ3v) is 5.66. The fourth-order valence-electron chi connectivity index (χ4n) is 3.03. The summed E-state index contributed by atoms with van der Waals surface area (Å²) in [4.78, 5) is 37.8. The van der Waals surface area contributed by atoms with Gasteiger partial charge in [-0.25, -0.2) is 4.68 Å². The number of hydrogen-bond acceptors (Lipinski definition) is 3. The summed E-state index contributed by atoms with van der Waals surface area (Å²) in [7, 11) is 0. The van der Waals surface area contributed by atoms with E-state index < -0.39 is 17.7 Å². The van der Waals surface area contributed by atoms with Crippen molar-refractivity contribution in [3.05, 3.63) is 63.8 Å². The number of fused-ring (bicyclic) bond motifs is 1. The Morgan fingerprint density at radius 2 is 1.74 bits per heavy atom. The lowest BCUT2D eigenvalue weighted by Crippen LogP contribution is -2.43. The summed E-state index contributed by atoms with van der Waals surface area (Å²) in [6.45, 7) is 7.69. The Morgan fingerprint density at radius 3 is 2.42 bits per heavy atom. The molecule has 7 nitrogen and oxygen atoms in total. The summed E-state index contributed by atoms with van der Waals surface area (Å²) in [5, 5.41) is 6.23. The Hall–Kier alpha value is -3.13. The van der Waals surface area contributed by atoms with Gasteiger partial charge in [-0.2, -0.15) is 0 Å². The third-order valence-electron chi connectivity index (χ3n) is 5.17. The maximum Gasteiger partial charge on any atom is 0.328 e. The second-order valence-electron chi connectivity index (χ2n) is 7.54. The predicted octanol–water partition coefficient (Wildman–Crippen LogP) is 4.26. The number of hydrogen-bond donors (Lipinski definition) is 3. The number of nitrogens with one attached hydrogen (secondary N) is 3. The molecule has 0 saturated carbocycles. The molecule has 0 bridgehead atoms. The summed E-state index contributed by atoms with van der Waals surface area (Å²) in [5.41, 5.74) is 6.18. The Bertz CT molecular complexity index is 1170. The van der Waals surface area contributed by atoms with Gasteiger partial charge < -0.3 is 10.6 Å². The second kappa shape index (κ2) is 9.34. The molecule has 0 radical (unpaired) electrons. The van der Waals surface area contributed by atoms with Crippen LogP contribution in [0.4, 0.5) is 5.69 Å². The number of aryl methyl sites for hydroxylation is 2. The molecule has 1 aromatic heterocycles. The van der Waals surface area contributed by atoms with Gasteiger partial charge in [0.2, 0.25) is 0 Å². The van der Waals surface area contributed by atoms with Gasteiger partial charge in [0, 0.05) is 21.6 Å². The van der Waals surface area contributed by atoms with Crippen LogP contribution in [0.3, 0.4) is 0 Å². The third kappa shape index (κ3) is 5.14. The zero-order valence-electron chi connectivity index (χ0n) is 17.9. The van der Waals surface area contributed by atoms with Crippen molar-refractivity contribution in [1.82, 2.24) is 9.99 Å². The fourth-order valence-corrected chi connectivity index (χ4v) is 3.41. The summed E-state index contributed by atoms with van der Waals surface area (Å²) in [6, 6.07) is 12.6.